The molecular formula is C19H23NO2. The van der Waals surface area contributed by atoms with Gasteiger partial charge in [-0.25, -0.2) is 0 Å². The van der Waals surface area contributed by atoms with Crippen LogP contribution in [0.15, 0.2) is 60.7 Å². The number of nitrogens with zero attached hydrogens (tertiary/aromatic N) is 1. The summed E-state index contributed by atoms with van der Waals surface area (Å²) in [4.78, 5) is 2.50. The van der Waals surface area contributed by atoms with Crippen molar-refractivity contribution in [1.82, 2.24) is 4.90 Å². The van der Waals surface area contributed by atoms with Crippen molar-refractivity contribution in [3.63, 3.8) is 0 Å². The third-order valence-corrected chi connectivity index (χ3v) is 4.13. The smallest absolute Gasteiger partial charge is 0.0936 e. The van der Waals surface area contributed by atoms with Crippen LogP contribution in [0.3, 0.4) is 0 Å². The van der Waals surface area contributed by atoms with E-state index in [0.717, 1.165) is 13.1 Å². The van der Waals surface area contributed by atoms with Gasteiger partial charge in [0.25, 0.3) is 0 Å². The molecule has 0 unspecified atom stereocenters. The molecule has 116 valence electrons. The second-order valence-electron chi connectivity index (χ2n) is 5.75. The topological polar surface area (TPSA) is 21.7 Å². The van der Waals surface area contributed by atoms with Crippen molar-refractivity contribution in [3.05, 3.63) is 71.8 Å². The highest BCUT2D eigenvalue weighted by atomic mass is 16.5. The molecule has 0 N–H and O–H groups in total. The molecule has 3 heteroatoms. The lowest BCUT2D eigenvalue weighted by Crippen LogP contribution is -2.45. The van der Waals surface area contributed by atoms with Gasteiger partial charge < -0.3 is 9.47 Å². The third-order valence-electron chi connectivity index (χ3n) is 4.13. The van der Waals surface area contributed by atoms with E-state index in [2.05, 4.69) is 65.6 Å². The molecule has 1 heterocycles. The van der Waals surface area contributed by atoms with Gasteiger partial charge in [0, 0.05) is 20.2 Å². The Morgan fingerprint density at radius 1 is 1.05 bits per heavy atom. The Hall–Kier alpha value is -1.68. The summed E-state index contributed by atoms with van der Waals surface area (Å²) < 4.78 is 11.3. The zero-order valence-electron chi connectivity index (χ0n) is 13.0. The number of benzene rings is 2. The van der Waals surface area contributed by atoms with Crippen LogP contribution in [0.4, 0.5) is 0 Å². The molecular weight excluding hydrogens is 274 g/mol. The summed E-state index contributed by atoms with van der Waals surface area (Å²) >= 11 is 0. The molecule has 1 saturated heterocycles. The van der Waals surface area contributed by atoms with E-state index in [0.29, 0.717) is 19.3 Å². The molecule has 0 aliphatic carbocycles. The standard InChI is InChI=1S/C19H23NO2/c1-21-14-18-13-20(12-16-8-4-2-5-9-16)19(15-22-18)17-10-6-3-7-11-17/h2-11,18-19H,12-15H2,1H3/t18-,19-/m0/s1. The maximum atomic E-state index is 5.99. The van der Waals surface area contributed by atoms with Gasteiger partial charge >= 0.3 is 0 Å². The molecule has 2 aromatic carbocycles. The minimum atomic E-state index is 0.147. The Morgan fingerprint density at radius 2 is 1.73 bits per heavy atom. The highest BCUT2D eigenvalue weighted by molar-refractivity contribution is 5.21. The van der Waals surface area contributed by atoms with Crippen LogP contribution in [0.2, 0.25) is 0 Å². The van der Waals surface area contributed by atoms with Gasteiger partial charge in [-0.1, -0.05) is 60.7 Å². The van der Waals surface area contributed by atoms with Crippen LogP contribution in [0.25, 0.3) is 0 Å². The molecule has 0 bridgehead atoms. The largest absolute Gasteiger partial charge is 0.382 e. The van der Waals surface area contributed by atoms with E-state index in [1.807, 2.05) is 0 Å². The molecule has 0 radical (unpaired) electrons. The molecule has 2 aromatic rings. The van der Waals surface area contributed by atoms with Crippen LogP contribution in [0.1, 0.15) is 17.2 Å². The number of rotatable bonds is 5. The molecule has 1 fully saturated rings. The lowest BCUT2D eigenvalue weighted by Gasteiger charge is -2.39. The Labute approximate surface area is 132 Å². The highest BCUT2D eigenvalue weighted by Gasteiger charge is 2.29. The second kappa shape index (κ2) is 7.54. The molecule has 1 aliphatic heterocycles. The van der Waals surface area contributed by atoms with Gasteiger partial charge in [-0.15, -0.1) is 0 Å². The second-order valence-corrected chi connectivity index (χ2v) is 5.75. The number of morpholine rings is 1. The lowest BCUT2D eigenvalue weighted by atomic mass is 10.0. The van der Waals surface area contributed by atoms with Crippen molar-refractivity contribution in [3.8, 4) is 0 Å². The number of hydrogen-bond donors (Lipinski definition) is 0. The van der Waals surface area contributed by atoms with Gasteiger partial charge in [-0.05, 0) is 11.1 Å². The first kappa shape index (κ1) is 15.2. The van der Waals surface area contributed by atoms with Crippen molar-refractivity contribution in [2.24, 2.45) is 0 Å². The summed E-state index contributed by atoms with van der Waals surface area (Å²) in [5, 5.41) is 0. The van der Waals surface area contributed by atoms with E-state index in [1.54, 1.807) is 7.11 Å². The van der Waals surface area contributed by atoms with E-state index in [1.165, 1.54) is 11.1 Å². The van der Waals surface area contributed by atoms with E-state index in [4.69, 9.17) is 9.47 Å². The number of ether oxygens (including phenoxy) is 2. The average molecular weight is 297 g/mol. The summed E-state index contributed by atoms with van der Waals surface area (Å²) in [6, 6.07) is 21.5. The molecule has 3 rings (SSSR count). The van der Waals surface area contributed by atoms with Crippen molar-refractivity contribution >= 4 is 0 Å². The van der Waals surface area contributed by atoms with Crippen LogP contribution >= 0.6 is 0 Å². The minimum absolute atomic E-state index is 0.147. The first-order chi connectivity index (χ1) is 10.9. The summed E-state index contributed by atoms with van der Waals surface area (Å²) in [7, 11) is 1.73. The summed E-state index contributed by atoms with van der Waals surface area (Å²) in [6.07, 6.45) is 0.147. The first-order valence-electron chi connectivity index (χ1n) is 7.80. The zero-order valence-corrected chi connectivity index (χ0v) is 13.0. The van der Waals surface area contributed by atoms with Crippen molar-refractivity contribution < 1.29 is 9.47 Å². The SMILES string of the molecule is COC[C@@H]1CN(Cc2ccccc2)[C@H](c2ccccc2)CO1. The molecule has 0 aromatic heterocycles. The monoisotopic (exact) mass is 297 g/mol. The zero-order chi connectivity index (χ0) is 15.2. The lowest BCUT2D eigenvalue weighted by molar-refractivity contribution is -0.0924. The average Bonchev–Trinajstić information content (AvgIpc) is 2.57. The highest BCUT2D eigenvalue weighted by Crippen LogP contribution is 2.27. The fourth-order valence-corrected chi connectivity index (χ4v) is 3.04. The van der Waals surface area contributed by atoms with Crippen LogP contribution in [0.5, 0.6) is 0 Å². The fraction of sp³-hybridized carbons (Fsp3) is 0.368. The Balaban J connectivity index is 1.78. The maximum absolute atomic E-state index is 5.99. The quantitative estimate of drug-likeness (QED) is 0.845. The molecule has 2 atom stereocenters. The summed E-state index contributed by atoms with van der Waals surface area (Å²) in [5.74, 6) is 0. The van der Waals surface area contributed by atoms with E-state index < -0.39 is 0 Å². The van der Waals surface area contributed by atoms with E-state index in [9.17, 15) is 0 Å². The molecule has 1 aliphatic rings. The Bertz CT molecular complexity index is 558. The molecule has 0 spiro atoms. The van der Waals surface area contributed by atoms with E-state index in [-0.39, 0.29) is 6.10 Å². The first-order valence-corrected chi connectivity index (χ1v) is 7.80. The fourth-order valence-electron chi connectivity index (χ4n) is 3.04. The minimum Gasteiger partial charge on any atom is -0.382 e. The van der Waals surface area contributed by atoms with Gasteiger partial charge in [-0.2, -0.15) is 0 Å². The van der Waals surface area contributed by atoms with Gasteiger partial charge in [-0.3, -0.25) is 4.90 Å². The maximum Gasteiger partial charge on any atom is 0.0936 e. The van der Waals surface area contributed by atoms with E-state index >= 15 is 0 Å². The molecule has 0 amide bonds. The van der Waals surface area contributed by atoms with Crippen LogP contribution in [-0.2, 0) is 16.0 Å². The number of methoxy groups -OCH3 is 1. The summed E-state index contributed by atoms with van der Waals surface area (Å²) in [5.41, 5.74) is 2.65. The van der Waals surface area contributed by atoms with Gasteiger partial charge in [0.1, 0.15) is 0 Å². The predicted octanol–water partition coefficient (Wildman–Crippen LogP) is 3.28. The van der Waals surface area contributed by atoms with Crippen molar-refractivity contribution in [1.29, 1.82) is 0 Å². The Kier molecular flexibility index (Phi) is 5.22. The molecule has 22 heavy (non-hydrogen) atoms. The van der Waals surface area contributed by atoms with Crippen LogP contribution in [0, 0.1) is 0 Å². The normalized spacial score (nSPS) is 22.6. The van der Waals surface area contributed by atoms with Crippen LogP contribution in [-0.4, -0.2) is 37.9 Å². The predicted molar refractivity (Wildman–Crippen MR) is 87.7 cm³/mol. The van der Waals surface area contributed by atoms with Gasteiger partial charge in [0.2, 0.25) is 0 Å². The summed E-state index contributed by atoms with van der Waals surface area (Å²) in [6.45, 7) is 3.18. The third kappa shape index (κ3) is 3.74. The van der Waals surface area contributed by atoms with Gasteiger partial charge in [0.05, 0.1) is 25.4 Å². The molecule has 0 saturated carbocycles. The van der Waals surface area contributed by atoms with Gasteiger partial charge in [0.15, 0.2) is 0 Å². The van der Waals surface area contributed by atoms with Crippen molar-refractivity contribution in [2.75, 3.05) is 26.9 Å². The Morgan fingerprint density at radius 3 is 2.41 bits per heavy atom. The molecule has 3 nitrogen and oxygen atoms in total. The van der Waals surface area contributed by atoms with Crippen molar-refractivity contribution in [2.45, 2.75) is 18.7 Å². The number of hydrogen-bond acceptors (Lipinski definition) is 3. The van der Waals surface area contributed by atoms with Crippen LogP contribution < -0.4 is 0 Å².